The maximum Gasteiger partial charge on any atom is 0.324 e. The molecule has 2 amide bonds. The second-order valence-electron chi connectivity index (χ2n) is 4.80. The van der Waals surface area contributed by atoms with Crippen LogP contribution in [0.5, 0.6) is 0 Å². The van der Waals surface area contributed by atoms with Crippen LogP contribution in [0.1, 0.15) is 6.92 Å². The molecule has 3 heterocycles. The zero-order valence-electron chi connectivity index (χ0n) is 11.7. The molecule has 6 nitrogen and oxygen atoms in total. The van der Waals surface area contributed by atoms with Crippen LogP contribution in [0.2, 0.25) is 0 Å². The van der Waals surface area contributed by atoms with Gasteiger partial charge < -0.3 is 5.32 Å². The van der Waals surface area contributed by atoms with Crippen molar-refractivity contribution >= 4 is 43.7 Å². The number of nitrogens with one attached hydrogen (secondary N) is 1. The van der Waals surface area contributed by atoms with Gasteiger partial charge in [0.2, 0.25) is 0 Å². The number of thiazole rings is 1. The molecule has 0 aliphatic carbocycles. The molecule has 1 saturated heterocycles. The molecule has 108 valence electrons. The van der Waals surface area contributed by atoms with E-state index < -0.39 is 0 Å². The smallest absolute Gasteiger partial charge is 0.324 e. The average molecular weight is 309 g/mol. The quantitative estimate of drug-likeness (QED) is 0.699. The van der Waals surface area contributed by atoms with Crippen molar-refractivity contribution in [3.8, 4) is 11.8 Å². The van der Waals surface area contributed by atoms with Crippen molar-refractivity contribution in [2.75, 3.05) is 11.4 Å². The first-order valence-corrected chi connectivity index (χ1v) is 7.59. The molecule has 1 fully saturated rings. The van der Waals surface area contributed by atoms with E-state index in [4.69, 9.17) is 0 Å². The van der Waals surface area contributed by atoms with E-state index in [1.54, 1.807) is 24.2 Å². The number of hydrogen-bond acceptors (Lipinski definition) is 5. The van der Waals surface area contributed by atoms with Crippen LogP contribution in [0.3, 0.4) is 0 Å². The van der Waals surface area contributed by atoms with Crippen LogP contribution in [-0.4, -0.2) is 33.6 Å². The van der Waals surface area contributed by atoms with Crippen molar-refractivity contribution in [2.45, 2.75) is 13.0 Å². The van der Waals surface area contributed by atoms with Crippen LogP contribution in [0.4, 0.5) is 9.93 Å². The summed E-state index contributed by atoms with van der Waals surface area (Å²) < 4.78 is 0.978. The molecule has 4 rings (SSSR count). The van der Waals surface area contributed by atoms with E-state index in [9.17, 15) is 4.79 Å². The van der Waals surface area contributed by atoms with Gasteiger partial charge in [-0.25, -0.2) is 9.78 Å². The molecule has 0 unspecified atom stereocenters. The van der Waals surface area contributed by atoms with E-state index in [0.717, 1.165) is 21.3 Å². The molecule has 22 heavy (non-hydrogen) atoms. The third kappa shape index (κ3) is 1.89. The summed E-state index contributed by atoms with van der Waals surface area (Å²) in [6.07, 6.45) is 3.30. The summed E-state index contributed by atoms with van der Waals surface area (Å²) in [5, 5.41) is 3.44. The second-order valence-corrected chi connectivity index (χ2v) is 5.81. The maximum absolute atomic E-state index is 12.1. The predicted octanol–water partition coefficient (Wildman–Crippen LogP) is 2.16. The highest BCUT2D eigenvalue weighted by molar-refractivity contribution is 7.22. The Hall–Kier alpha value is -2.72. The third-order valence-electron chi connectivity index (χ3n) is 3.48. The highest BCUT2D eigenvalue weighted by Gasteiger charge is 2.33. The fraction of sp³-hybridized carbons (Fsp3) is 0.200. The first-order chi connectivity index (χ1) is 10.8. The number of amides is 2. The van der Waals surface area contributed by atoms with Gasteiger partial charge in [0.25, 0.3) is 0 Å². The van der Waals surface area contributed by atoms with Gasteiger partial charge in [-0.1, -0.05) is 17.3 Å². The van der Waals surface area contributed by atoms with E-state index in [1.165, 1.54) is 11.3 Å². The fourth-order valence-corrected chi connectivity index (χ4v) is 3.54. The van der Waals surface area contributed by atoms with Crippen molar-refractivity contribution < 1.29 is 4.79 Å². The number of fused-ring (bicyclic) bond motifs is 3. The number of urea groups is 1. The molecule has 1 aliphatic rings. The molecule has 3 aromatic rings. The summed E-state index contributed by atoms with van der Waals surface area (Å²) in [6.45, 7) is 2.28. The number of nitrogens with zero attached hydrogens (tertiary/aromatic N) is 4. The molecular formula is C15H11N5OS. The third-order valence-corrected chi connectivity index (χ3v) is 4.50. The second kappa shape index (κ2) is 4.93. The number of benzene rings is 1. The predicted molar refractivity (Wildman–Crippen MR) is 85.8 cm³/mol. The largest absolute Gasteiger partial charge is 0.334 e. The van der Waals surface area contributed by atoms with Crippen LogP contribution in [0, 0.1) is 11.8 Å². The number of hydrogen-bond donors (Lipinski definition) is 1. The van der Waals surface area contributed by atoms with Crippen LogP contribution < -0.4 is 10.2 Å². The summed E-state index contributed by atoms with van der Waals surface area (Å²) >= 11 is 1.46. The Bertz CT molecular complexity index is 955. The van der Waals surface area contributed by atoms with Crippen molar-refractivity contribution in [2.24, 2.45) is 0 Å². The average Bonchev–Trinajstić information content (AvgIpc) is 3.11. The van der Waals surface area contributed by atoms with Crippen molar-refractivity contribution in [1.82, 2.24) is 20.3 Å². The number of carbonyl (C=O) groups excluding carboxylic acids is 1. The monoisotopic (exact) mass is 309 g/mol. The Morgan fingerprint density at radius 1 is 1.32 bits per heavy atom. The van der Waals surface area contributed by atoms with Crippen LogP contribution >= 0.6 is 11.3 Å². The summed E-state index contributed by atoms with van der Waals surface area (Å²) in [7, 11) is 0. The van der Waals surface area contributed by atoms with Gasteiger partial charge >= 0.3 is 6.03 Å². The minimum absolute atomic E-state index is 0.165. The van der Waals surface area contributed by atoms with Gasteiger partial charge in [-0.2, -0.15) is 0 Å². The van der Waals surface area contributed by atoms with E-state index in [1.807, 2.05) is 12.1 Å². The van der Waals surface area contributed by atoms with Crippen LogP contribution in [0.25, 0.3) is 21.3 Å². The number of aromatic nitrogens is 3. The van der Waals surface area contributed by atoms with Crippen LogP contribution in [-0.2, 0) is 0 Å². The van der Waals surface area contributed by atoms with Gasteiger partial charge in [0.05, 0.1) is 16.8 Å². The van der Waals surface area contributed by atoms with E-state index in [2.05, 4.69) is 32.1 Å². The molecule has 1 N–H and O–H groups in total. The summed E-state index contributed by atoms with van der Waals surface area (Å²) in [6, 6.07) is 3.53. The molecule has 1 atom stereocenters. The molecule has 0 spiro atoms. The van der Waals surface area contributed by atoms with E-state index in [-0.39, 0.29) is 12.1 Å². The number of rotatable bonds is 1. The van der Waals surface area contributed by atoms with Gasteiger partial charge in [-0.05, 0) is 19.1 Å². The van der Waals surface area contributed by atoms with Crippen LogP contribution in [0.15, 0.2) is 24.5 Å². The standard InChI is InChI=1S/C15H11N5OS/c1-2-3-9-8-18-14(21)20(9)15-19-13-11(22-15)5-4-10-12(13)17-7-6-16-10/h4-7,9H,8H2,1H3,(H,18,21)/t9-/m1/s1. The molecule has 2 aromatic heterocycles. The minimum Gasteiger partial charge on any atom is -0.334 e. The van der Waals surface area contributed by atoms with E-state index >= 15 is 0 Å². The summed E-state index contributed by atoms with van der Waals surface area (Å²) in [5.41, 5.74) is 2.32. The minimum atomic E-state index is -0.185. The zero-order valence-corrected chi connectivity index (χ0v) is 12.5. The Morgan fingerprint density at radius 2 is 2.18 bits per heavy atom. The van der Waals surface area contributed by atoms with Gasteiger partial charge in [0.1, 0.15) is 17.1 Å². The first-order valence-electron chi connectivity index (χ1n) is 6.77. The highest BCUT2D eigenvalue weighted by Crippen LogP contribution is 2.33. The lowest BCUT2D eigenvalue weighted by Crippen LogP contribution is -2.33. The SMILES string of the molecule is CC#C[C@@H]1CNC(=O)N1c1nc2c(ccc3nccnc32)s1. The number of carbonyl (C=O) groups is 1. The number of anilines is 1. The normalized spacial score (nSPS) is 17.6. The molecule has 0 saturated carbocycles. The van der Waals surface area contributed by atoms with Crippen molar-refractivity contribution in [1.29, 1.82) is 0 Å². The van der Waals surface area contributed by atoms with Gasteiger partial charge in [-0.3, -0.25) is 14.9 Å². The molecule has 1 aromatic carbocycles. The Kier molecular flexibility index (Phi) is 2.91. The fourth-order valence-electron chi connectivity index (χ4n) is 2.52. The topological polar surface area (TPSA) is 71.0 Å². The first kappa shape index (κ1) is 13.0. The highest BCUT2D eigenvalue weighted by atomic mass is 32.1. The Labute approximate surface area is 130 Å². The Balaban J connectivity index is 1.90. The summed E-state index contributed by atoms with van der Waals surface area (Å²) in [5.74, 6) is 5.90. The lowest BCUT2D eigenvalue weighted by Gasteiger charge is -2.14. The molecular weight excluding hydrogens is 298 g/mol. The molecule has 0 radical (unpaired) electrons. The Morgan fingerprint density at radius 3 is 3.05 bits per heavy atom. The van der Waals surface area contributed by atoms with Gasteiger partial charge in [0.15, 0.2) is 5.13 Å². The molecule has 1 aliphatic heterocycles. The molecule has 7 heteroatoms. The van der Waals surface area contributed by atoms with Gasteiger partial charge in [0, 0.05) is 12.4 Å². The molecule has 0 bridgehead atoms. The lowest BCUT2D eigenvalue weighted by molar-refractivity contribution is 0.252. The summed E-state index contributed by atoms with van der Waals surface area (Å²) in [4.78, 5) is 27.0. The van der Waals surface area contributed by atoms with Crippen molar-refractivity contribution in [3.63, 3.8) is 0 Å². The maximum atomic E-state index is 12.1. The lowest BCUT2D eigenvalue weighted by atomic mass is 10.3. The van der Waals surface area contributed by atoms with Crippen molar-refractivity contribution in [3.05, 3.63) is 24.5 Å². The van der Waals surface area contributed by atoms with E-state index in [0.29, 0.717) is 11.7 Å². The zero-order chi connectivity index (χ0) is 15.1. The van der Waals surface area contributed by atoms with Gasteiger partial charge in [-0.15, -0.1) is 5.92 Å².